The lowest BCUT2D eigenvalue weighted by molar-refractivity contribution is 0.0255. The Morgan fingerprint density at radius 3 is 2.58 bits per heavy atom. The van der Waals surface area contributed by atoms with E-state index in [9.17, 15) is 4.79 Å². The maximum absolute atomic E-state index is 12.0. The van der Waals surface area contributed by atoms with Crippen LogP contribution in [0.5, 0.6) is 0 Å². The van der Waals surface area contributed by atoms with Gasteiger partial charge in [-0.05, 0) is 65.3 Å². The number of ether oxygens (including phenoxy) is 1. The first-order valence-electron chi connectivity index (χ1n) is 7.10. The molecule has 1 atom stereocenters. The number of halogens is 1. The zero-order chi connectivity index (χ0) is 13.6. The zero-order valence-electron chi connectivity index (χ0n) is 12.5. The van der Waals surface area contributed by atoms with Crippen LogP contribution in [0.1, 0.15) is 52.9 Å². The quantitative estimate of drug-likeness (QED) is 0.869. The third-order valence-corrected chi connectivity index (χ3v) is 3.32. The first-order valence-corrected chi connectivity index (χ1v) is 7.10. The molecule has 2 N–H and O–H groups in total. The molecule has 0 bridgehead atoms. The molecule has 0 aromatic carbocycles. The number of hydrogen-bond donors (Lipinski definition) is 1. The summed E-state index contributed by atoms with van der Waals surface area (Å²) in [5, 5.41) is 0. The minimum absolute atomic E-state index is 0. The smallest absolute Gasteiger partial charge is 0.410 e. The van der Waals surface area contributed by atoms with Crippen molar-refractivity contribution < 1.29 is 9.53 Å². The van der Waals surface area contributed by atoms with E-state index in [1.807, 2.05) is 25.7 Å². The van der Waals surface area contributed by atoms with E-state index >= 15 is 0 Å². The van der Waals surface area contributed by atoms with Crippen LogP contribution in [0, 0.1) is 5.92 Å². The van der Waals surface area contributed by atoms with E-state index in [0.29, 0.717) is 0 Å². The van der Waals surface area contributed by atoms with Crippen LogP contribution in [-0.2, 0) is 4.74 Å². The van der Waals surface area contributed by atoms with Crippen LogP contribution in [0.2, 0.25) is 0 Å². The van der Waals surface area contributed by atoms with Crippen molar-refractivity contribution in [1.82, 2.24) is 4.90 Å². The highest BCUT2D eigenvalue weighted by Crippen LogP contribution is 2.22. The van der Waals surface area contributed by atoms with E-state index in [-0.39, 0.29) is 18.5 Å². The summed E-state index contributed by atoms with van der Waals surface area (Å²) < 4.78 is 5.42. The Bertz CT molecular complexity index is 267. The fourth-order valence-corrected chi connectivity index (χ4v) is 2.37. The van der Waals surface area contributed by atoms with Crippen LogP contribution in [0.25, 0.3) is 0 Å². The molecule has 1 unspecified atom stereocenters. The third kappa shape index (κ3) is 7.63. The molecular formula is C14H29ClN2O2. The van der Waals surface area contributed by atoms with Gasteiger partial charge in [0.25, 0.3) is 0 Å². The van der Waals surface area contributed by atoms with E-state index in [1.54, 1.807) is 0 Å². The van der Waals surface area contributed by atoms with Gasteiger partial charge in [0.2, 0.25) is 0 Å². The van der Waals surface area contributed by atoms with E-state index in [0.717, 1.165) is 44.8 Å². The maximum atomic E-state index is 12.0. The topological polar surface area (TPSA) is 55.6 Å². The summed E-state index contributed by atoms with van der Waals surface area (Å²) >= 11 is 0. The largest absolute Gasteiger partial charge is 0.444 e. The Kier molecular flexibility index (Phi) is 8.42. The van der Waals surface area contributed by atoms with Crippen molar-refractivity contribution >= 4 is 18.5 Å². The Morgan fingerprint density at radius 2 is 2.00 bits per heavy atom. The number of nitrogens with two attached hydrogens (primary N) is 1. The Balaban J connectivity index is 0.00000324. The van der Waals surface area contributed by atoms with Crippen LogP contribution < -0.4 is 5.73 Å². The van der Waals surface area contributed by atoms with Crippen molar-refractivity contribution in [2.75, 3.05) is 19.6 Å². The van der Waals surface area contributed by atoms with Gasteiger partial charge in [-0.1, -0.05) is 0 Å². The highest BCUT2D eigenvalue weighted by molar-refractivity contribution is 5.85. The zero-order valence-corrected chi connectivity index (χ0v) is 13.3. The fraction of sp³-hybridized carbons (Fsp3) is 0.929. The SMILES string of the molecule is CC(C)(C)OC(=O)N1CCCC(CCCN)CC1.Cl. The highest BCUT2D eigenvalue weighted by atomic mass is 35.5. The summed E-state index contributed by atoms with van der Waals surface area (Å²) in [6.07, 6.45) is 5.49. The molecule has 0 aromatic heterocycles. The second-order valence-electron chi connectivity index (χ2n) is 6.20. The number of carbonyl (C=O) groups is 1. The summed E-state index contributed by atoms with van der Waals surface area (Å²) in [6, 6.07) is 0. The molecule has 0 aromatic rings. The molecule has 4 nitrogen and oxygen atoms in total. The molecule has 1 amide bonds. The molecule has 114 valence electrons. The van der Waals surface area contributed by atoms with Crippen molar-refractivity contribution in [3.63, 3.8) is 0 Å². The number of carbonyl (C=O) groups excluding carboxylic acids is 1. The van der Waals surface area contributed by atoms with Crippen molar-refractivity contribution in [2.45, 2.75) is 58.5 Å². The van der Waals surface area contributed by atoms with E-state index in [2.05, 4.69) is 0 Å². The van der Waals surface area contributed by atoms with Crippen molar-refractivity contribution in [2.24, 2.45) is 11.7 Å². The molecular weight excluding hydrogens is 264 g/mol. The molecule has 1 rings (SSSR count). The fourth-order valence-electron chi connectivity index (χ4n) is 2.37. The predicted molar refractivity (Wildman–Crippen MR) is 80.7 cm³/mol. The molecule has 0 aliphatic carbocycles. The van der Waals surface area contributed by atoms with Crippen LogP contribution in [-0.4, -0.2) is 36.2 Å². The maximum Gasteiger partial charge on any atom is 0.410 e. The monoisotopic (exact) mass is 292 g/mol. The average molecular weight is 293 g/mol. The van der Waals surface area contributed by atoms with Gasteiger partial charge >= 0.3 is 6.09 Å². The Hall–Kier alpha value is -0.480. The Morgan fingerprint density at radius 1 is 1.32 bits per heavy atom. The Labute approximate surface area is 123 Å². The molecule has 1 saturated heterocycles. The molecule has 0 saturated carbocycles. The predicted octanol–water partition coefficient (Wildman–Crippen LogP) is 3.18. The molecule has 5 heteroatoms. The number of rotatable bonds is 3. The third-order valence-electron chi connectivity index (χ3n) is 3.32. The summed E-state index contributed by atoms with van der Waals surface area (Å²) in [7, 11) is 0. The molecule has 1 aliphatic heterocycles. The molecule has 0 radical (unpaired) electrons. The van der Waals surface area contributed by atoms with Gasteiger partial charge in [0.1, 0.15) is 5.60 Å². The van der Waals surface area contributed by atoms with Crippen LogP contribution in [0.15, 0.2) is 0 Å². The second kappa shape index (κ2) is 8.64. The molecule has 0 spiro atoms. The number of nitrogens with zero attached hydrogens (tertiary/aromatic N) is 1. The summed E-state index contributed by atoms with van der Waals surface area (Å²) in [5.74, 6) is 0.723. The minimum atomic E-state index is -0.400. The van der Waals surface area contributed by atoms with Gasteiger partial charge in [0, 0.05) is 13.1 Å². The van der Waals surface area contributed by atoms with Gasteiger partial charge in [0.05, 0.1) is 0 Å². The lowest BCUT2D eigenvalue weighted by Gasteiger charge is -2.26. The number of amides is 1. The normalized spacial score (nSPS) is 20.4. The lowest BCUT2D eigenvalue weighted by Crippen LogP contribution is -2.37. The van der Waals surface area contributed by atoms with Gasteiger partial charge in [-0.15, -0.1) is 12.4 Å². The van der Waals surface area contributed by atoms with Crippen molar-refractivity contribution in [1.29, 1.82) is 0 Å². The molecule has 1 fully saturated rings. The van der Waals surface area contributed by atoms with E-state index < -0.39 is 5.60 Å². The van der Waals surface area contributed by atoms with Crippen LogP contribution >= 0.6 is 12.4 Å². The molecule has 1 heterocycles. The van der Waals surface area contributed by atoms with Gasteiger partial charge in [-0.3, -0.25) is 0 Å². The highest BCUT2D eigenvalue weighted by Gasteiger charge is 2.24. The van der Waals surface area contributed by atoms with E-state index in [4.69, 9.17) is 10.5 Å². The van der Waals surface area contributed by atoms with Crippen LogP contribution in [0.4, 0.5) is 4.79 Å². The average Bonchev–Trinajstić information content (AvgIpc) is 2.49. The van der Waals surface area contributed by atoms with Crippen LogP contribution in [0.3, 0.4) is 0 Å². The van der Waals surface area contributed by atoms with Gasteiger partial charge in [-0.25, -0.2) is 4.79 Å². The minimum Gasteiger partial charge on any atom is -0.444 e. The molecule has 19 heavy (non-hydrogen) atoms. The van der Waals surface area contributed by atoms with E-state index in [1.165, 1.54) is 12.8 Å². The second-order valence-corrected chi connectivity index (χ2v) is 6.20. The number of likely N-dealkylation sites (tertiary alicyclic amines) is 1. The van der Waals surface area contributed by atoms with Gasteiger partial charge < -0.3 is 15.4 Å². The first-order chi connectivity index (χ1) is 8.42. The number of hydrogen-bond acceptors (Lipinski definition) is 3. The summed E-state index contributed by atoms with van der Waals surface area (Å²) in [6.45, 7) is 8.15. The van der Waals surface area contributed by atoms with Crippen molar-refractivity contribution in [3.05, 3.63) is 0 Å². The molecule has 1 aliphatic rings. The summed E-state index contributed by atoms with van der Waals surface area (Å²) in [5.41, 5.74) is 5.14. The van der Waals surface area contributed by atoms with Gasteiger partial charge in [-0.2, -0.15) is 0 Å². The summed E-state index contributed by atoms with van der Waals surface area (Å²) in [4.78, 5) is 13.8. The van der Waals surface area contributed by atoms with Crippen molar-refractivity contribution in [3.8, 4) is 0 Å². The standard InChI is InChI=1S/C14H28N2O2.ClH/c1-14(2,3)18-13(17)16-10-5-7-12(8-11-16)6-4-9-15;/h12H,4-11,15H2,1-3H3;1H. The van der Waals surface area contributed by atoms with Gasteiger partial charge in [0.15, 0.2) is 0 Å². The first kappa shape index (κ1) is 18.5. The lowest BCUT2D eigenvalue weighted by atomic mass is 9.95.